The highest BCUT2D eigenvalue weighted by Crippen LogP contribution is 2.26. The van der Waals surface area contributed by atoms with Crippen molar-refractivity contribution in [1.29, 1.82) is 0 Å². The standard InChI is InChI=1S/C24H28IN5O2S/c1-14(2)20(27-23(32)17-9-7-6-8-10-17)22-28-29-24(30(22)5)33-13-19(31)26-21-15(3)11-18(25)12-16(21)4/h6-12,14,20H,13H2,1-5H3,(H,26,31)(H,27,32)/t20-/m1/s1. The molecule has 2 N–H and O–H groups in total. The molecule has 0 spiro atoms. The van der Waals surface area contributed by atoms with Gasteiger partial charge in [0.05, 0.1) is 11.8 Å². The van der Waals surface area contributed by atoms with E-state index < -0.39 is 0 Å². The van der Waals surface area contributed by atoms with Crippen molar-refractivity contribution < 1.29 is 9.59 Å². The van der Waals surface area contributed by atoms with E-state index >= 15 is 0 Å². The molecule has 0 bridgehead atoms. The largest absolute Gasteiger partial charge is 0.342 e. The number of aryl methyl sites for hydroxylation is 2. The number of benzene rings is 2. The van der Waals surface area contributed by atoms with E-state index in [4.69, 9.17) is 0 Å². The molecule has 0 aliphatic rings. The van der Waals surface area contributed by atoms with E-state index in [9.17, 15) is 9.59 Å². The molecule has 174 valence electrons. The Morgan fingerprint density at radius 2 is 1.73 bits per heavy atom. The molecule has 9 heteroatoms. The van der Waals surface area contributed by atoms with Crippen molar-refractivity contribution in [2.75, 3.05) is 11.1 Å². The highest BCUT2D eigenvalue weighted by Gasteiger charge is 2.25. The molecule has 0 radical (unpaired) electrons. The van der Waals surface area contributed by atoms with Gasteiger partial charge in [0.1, 0.15) is 0 Å². The van der Waals surface area contributed by atoms with Gasteiger partial charge in [-0.1, -0.05) is 43.8 Å². The van der Waals surface area contributed by atoms with Crippen LogP contribution < -0.4 is 10.6 Å². The lowest BCUT2D eigenvalue weighted by atomic mass is 10.0. The molecule has 0 fully saturated rings. The van der Waals surface area contributed by atoms with Gasteiger partial charge in [0, 0.05) is 21.9 Å². The minimum absolute atomic E-state index is 0.102. The zero-order chi connectivity index (χ0) is 24.1. The summed E-state index contributed by atoms with van der Waals surface area (Å²) in [5, 5.41) is 15.3. The Morgan fingerprint density at radius 1 is 1.09 bits per heavy atom. The van der Waals surface area contributed by atoms with E-state index in [0.717, 1.165) is 20.4 Å². The number of nitrogens with one attached hydrogen (secondary N) is 2. The SMILES string of the molecule is Cc1cc(I)cc(C)c1NC(=O)CSc1nnc([C@H](NC(=O)c2ccccc2)C(C)C)n1C. The van der Waals surface area contributed by atoms with Gasteiger partial charge in [-0.05, 0) is 77.7 Å². The van der Waals surface area contributed by atoms with Crippen LogP contribution in [-0.4, -0.2) is 32.3 Å². The average Bonchev–Trinajstić information content (AvgIpc) is 3.13. The van der Waals surface area contributed by atoms with Crippen molar-refractivity contribution >= 4 is 51.9 Å². The first-order valence-electron chi connectivity index (χ1n) is 10.6. The minimum atomic E-state index is -0.310. The summed E-state index contributed by atoms with van der Waals surface area (Å²) in [4.78, 5) is 25.3. The predicted molar refractivity (Wildman–Crippen MR) is 140 cm³/mol. The van der Waals surface area contributed by atoms with Crippen LogP contribution in [0.4, 0.5) is 5.69 Å². The molecular formula is C24H28IN5O2S. The van der Waals surface area contributed by atoms with Crippen molar-refractivity contribution in [3.8, 4) is 0 Å². The first-order chi connectivity index (χ1) is 15.7. The number of anilines is 1. The summed E-state index contributed by atoms with van der Waals surface area (Å²) < 4.78 is 2.98. The first-order valence-corrected chi connectivity index (χ1v) is 12.7. The van der Waals surface area contributed by atoms with E-state index in [1.165, 1.54) is 11.8 Å². The lowest BCUT2D eigenvalue weighted by Crippen LogP contribution is -2.33. The Bertz CT molecular complexity index is 1120. The van der Waals surface area contributed by atoms with Crippen LogP contribution in [0, 0.1) is 23.3 Å². The third kappa shape index (κ3) is 6.35. The molecule has 7 nitrogen and oxygen atoms in total. The second kappa shape index (κ2) is 11.1. The predicted octanol–water partition coefficient (Wildman–Crippen LogP) is 4.89. The Hall–Kier alpha value is -2.40. The number of carbonyl (C=O) groups excluding carboxylic acids is 2. The van der Waals surface area contributed by atoms with E-state index in [0.29, 0.717) is 16.5 Å². The fraction of sp³-hybridized carbons (Fsp3) is 0.333. The smallest absolute Gasteiger partial charge is 0.251 e. The first kappa shape index (κ1) is 25.2. The zero-order valence-electron chi connectivity index (χ0n) is 19.3. The van der Waals surface area contributed by atoms with Crippen molar-refractivity contribution in [3.05, 3.63) is 68.5 Å². The number of hydrogen-bond donors (Lipinski definition) is 2. The van der Waals surface area contributed by atoms with E-state index in [2.05, 4.69) is 43.4 Å². The summed E-state index contributed by atoms with van der Waals surface area (Å²) in [5.41, 5.74) is 3.51. The molecule has 3 rings (SSSR count). The van der Waals surface area contributed by atoms with E-state index in [1.807, 2.05) is 69.6 Å². The molecule has 0 saturated carbocycles. The molecule has 1 aromatic heterocycles. The molecule has 33 heavy (non-hydrogen) atoms. The summed E-state index contributed by atoms with van der Waals surface area (Å²) in [6, 6.07) is 12.9. The summed E-state index contributed by atoms with van der Waals surface area (Å²) in [6.07, 6.45) is 0. The maximum atomic E-state index is 12.7. The summed E-state index contributed by atoms with van der Waals surface area (Å²) in [6.45, 7) is 8.03. The van der Waals surface area contributed by atoms with Crippen LogP contribution in [0.5, 0.6) is 0 Å². The molecule has 1 heterocycles. The Morgan fingerprint density at radius 3 is 2.33 bits per heavy atom. The number of aromatic nitrogens is 3. The van der Waals surface area contributed by atoms with Crippen LogP contribution in [0.3, 0.4) is 0 Å². The van der Waals surface area contributed by atoms with Gasteiger partial charge in [0.25, 0.3) is 5.91 Å². The van der Waals surface area contributed by atoms with Crippen molar-refractivity contribution in [3.63, 3.8) is 0 Å². The lowest BCUT2D eigenvalue weighted by Gasteiger charge is -2.21. The van der Waals surface area contributed by atoms with Gasteiger partial charge in [-0.15, -0.1) is 10.2 Å². The third-order valence-electron chi connectivity index (χ3n) is 5.23. The van der Waals surface area contributed by atoms with Gasteiger partial charge in [0.15, 0.2) is 11.0 Å². The summed E-state index contributed by atoms with van der Waals surface area (Å²) >= 11 is 3.59. The molecule has 1 atom stereocenters. The zero-order valence-corrected chi connectivity index (χ0v) is 22.3. The van der Waals surface area contributed by atoms with E-state index in [-0.39, 0.29) is 29.5 Å². The molecule has 0 aliphatic carbocycles. The monoisotopic (exact) mass is 577 g/mol. The molecule has 2 amide bonds. The third-order valence-corrected chi connectivity index (χ3v) is 6.87. The Kier molecular flexibility index (Phi) is 8.52. The molecule has 0 saturated heterocycles. The maximum absolute atomic E-state index is 12.7. The number of carbonyl (C=O) groups is 2. The fourth-order valence-corrected chi connectivity index (χ4v) is 5.13. The van der Waals surface area contributed by atoms with Gasteiger partial charge in [-0.25, -0.2) is 0 Å². The number of halogens is 1. The molecule has 0 unspecified atom stereocenters. The average molecular weight is 577 g/mol. The second-order valence-corrected chi connectivity index (χ2v) is 10.4. The minimum Gasteiger partial charge on any atom is -0.342 e. The number of amides is 2. The van der Waals surface area contributed by atoms with Crippen molar-refractivity contribution in [2.45, 2.75) is 38.9 Å². The van der Waals surface area contributed by atoms with Crippen LogP contribution in [0.25, 0.3) is 0 Å². The van der Waals surface area contributed by atoms with Gasteiger partial charge < -0.3 is 15.2 Å². The maximum Gasteiger partial charge on any atom is 0.251 e. The van der Waals surface area contributed by atoms with Gasteiger partial charge in [-0.3, -0.25) is 9.59 Å². The highest BCUT2D eigenvalue weighted by molar-refractivity contribution is 14.1. The van der Waals surface area contributed by atoms with Crippen LogP contribution in [0.1, 0.15) is 47.2 Å². The molecule has 2 aromatic carbocycles. The molecule has 3 aromatic rings. The number of thioether (sulfide) groups is 1. The van der Waals surface area contributed by atoms with Crippen LogP contribution >= 0.6 is 34.4 Å². The number of hydrogen-bond acceptors (Lipinski definition) is 5. The van der Waals surface area contributed by atoms with Gasteiger partial charge in [-0.2, -0.15) is 0 Å². The van der Waals surface area contributed by atoms with Gasteiger partial charge >= 0.3 is 0 Å². The van der Waals surface area contributed by atoms with Crippen molar-refractivity contribution in [1.82, 2.24) is 20.1 Å². The number of nitrogens with zero attached hydrogens (tertiary/aromatic N) is 3. The molecular weight excluding hydrogens is 549 g/mol. The fourth-order valence-electron chi connectivity index (χ4n) is 3.48. The Balaban J connectivity index is 1.68. The van der Waals surface area contributed by atoms with E-state index in [1.54, 1.807) is 12.1 Å². The van der Waals surface area contributed by atoms with Crippen LogP contribution in [-0.2, 0) is 11.8 Å². The normalized spacial score (nSPS) is 12.0. The quantitative estimate of drug-likeness (QED) is 0.294. The second-order valence-electron chi connectivity index (χ2n) is 8.21. The lowest BCUT2D eigenvalue weighted by molar-refractivity contribution is -0.113. The van der Waals surface area contributed by atoms with Crippen molar-refractivity contribution in [2.24, 2.45) is 13.0 Å². The van der Waals surface area contributed by atoms with Crippen LogP contribution in [0.15, 0.2) is 47.6 Å². The highest BCUT2D eigenvalue weighted by atomic mass is 127. The van der Waals surface area contributed by atoms with Crippen LogP contribution in [0.2, 0.25) is 0 Å². The number of rotatable bonds is 8. The summed E-state index contributed by atoms with van der Waals surface area (Å²) in [7, 11) is 1.85. The van der Waals surface area contributed by atoms with Gasteiger partial charge in [0.2, 0.25) is 5.91 Å². The summed E-state index contributed by atoms with van der Waals surface area (Å²) in [5.74, 6) is 0.707. The Labute approximate surface area is 212 Å². The topological polar surface area (TPSA) is 88.9 Å². The molecule has 0 aliphatic heterocycles.